The predicted molar refractivity (Wildman–Crippen MR) is 158 cm³/mol. The summed E-state index contributed by atoms with van der Waals surface area (Å²) in [6, 6.07) is 25.6. The second-order valence-corrected chi connectivity index (χ2v) is 10.4. The number of aryl methyl sites for hydroxylation is 2. The van der Waals surface area contributed by atoms with Gasteiger partial charge in [0.15, 0.2) is 0 Å². The van der Waals surface area contributed by atoms with Crippen LogP contribution in [0.25, 0.3) is 0 Å². The number of rotatable bonds is 12. The summed E-state index contributed by atoms with van der Waals surface area (Å²) in [5, 5.41) is 11.4. The molecule has 0 saturated heterocycles. The Morgan fingerprint density at radius 1 is 0.767 bits per heavy atom. The molecule has 0 aliphatic carbocycles. The first-order valence-corrected chi connectivity index (χ1v) is 13.8. The molecule has 1 amide bonds. The van der Waals surface area contributed by atoms with Crippen molar-refractivity contribution in [2.75, 3.05) is 6.54 Å². The Hall–Kier alpha value is -4.63. The fourth-order valence-corrected chi connectivity index (χ4v) is 4.57. The molecule has 224 valence electrons. The lowest BCUT2D eigenvalue weighted by molar-refractivity contribution is -0.138. The van der Waals surface area contributed by atoms with Crippen LogP contribution in [0.2, 0.25) is 0 Å². The van der Waals surface area contributed by atoms with E-state index in [1.807, 2.05) is 30.3 Å². The Morgan fingerprint density at radius 2 is 1.37 bits per heavy atom. The average Bonchev–Trinajstić information content (AvgIpc) is 2.95. The van der Waals surface area contributed by atoms with Crippen molar-refractivity contribution in [3.05, 3.63) is 130 Å². The smallest absolute Gasteiger partial charge is 0.416 e. The van der Waals surface area contributed by atoms with Crippen molar-refractivity contribution in [3.8, 4) is 11.5 Å². The summed E-state index contributed by atoms with van der Waals surface area (Å²) in [5.74, 6) is -0.781. The van der Waals surface area contributed by atoms with E-state index < -0.39 is 17.7 Å². The second kappa shape index (κ2) is 14.0. The Morgan fingerprint density at radius 3 is 2.02 bits per heavy atom. The third-order valence-corrected chi connectivity index (χ3v) is 6.93. The molecular weight excluding hydrogens is 557 g/mol. The summed E-state index contributed by atoms with van der Waals surface area (Å²) in [6.07, 6.45) is -4.61. The zero-order valence-electron chi connectivity index (χ0n) is 23.9. The highest BCUT2D eigenvalue weighted by atomic mass is 19.4. The van der Waals surface area contributed by atoms with Gasteiger partial charge in [-0.2, -0.15) is 13.2 Å². The van der Waals surface area contributed by atoms with Gasteiger partial charge >= 0.3 is 12.1 Å². The number of alkyl halides is 3. The topological polar surface area (TPSA) is 78.9 Å². The van der Waals surface area contributed by atoms with Gasteiger partial charge < -0.3 is 15.2 Å². The van der Waals surface area contributed by atoms with E-state index in [0.29, 0.717) is 30.9 Å². The fraction of sp³-hybridized carbons (Fsp3) is 0.235. The van der Waals surface area contributed by atoms with Crippen molar-refractivity contribution in [1.82, 2.24) is 10.2 Å². The molecule has 4 rings (SSSR count). The Balaban J connectivity index is 1.51. The van der Waals surface area contributed by atoms with Gasteiger partial charge in [-0.3, -0.25) is 14.5 Å². The van der Waals surface area contributed by atoms with E-state index in [2.05, 4.69) is 42.3 Å². The first-order valence-electron chi connectivity index (χ1n) is 13.8. The Bertz CT molecular complexity index is 1570. The van der Waals surface area contributed by atoms with E-state index >= 15 is 0 Å². The van der Waals surface area contributed by atoms with Crippen molar-refractivity contribution in [2.45, 2.75) is 46.1 Å². The highest BCUT2D eigenvalue weighted by molar-refractivity contribution is 5.94. The van der Waals surface area contributed by atoms with Crippen LogP contribution < -0.4 is 10.1 Å². The highest BCUT2D eigenvalue weighted by Crippen LogP contribution is 2.33. The molecule has 0 fully saturated rings. The van der Waals surface area contributed by atoms with Crippen LogP contribution >= 0.6 is 0 Å². The van der Waals surface area contributed by atoms with Gasteiger partial charge in [0, 0.05) is 31.7 Å². The number of carboxylic acids is 1. The van der Waals surface area contributed by atoms with Crippen LogP contribution in [0.15, 0.2) is 91.0 Å². The molecule has 0 aliphatic heterocycles. The molecular formula is C34H33F3N2O4. The summed E-state index contributed by atoms with van der Waals surface area (Å²) in [4.78, 5) is 25.3. The number of aliphatic carboxylic acids is 1. The van der Waals surface area contributed by atoms with Crippen LogP contribution in [0.5, 0.6) is 11.5 Å². The van der Waals surface area contributed by atoms with E-state index in [1.165, 1.54) is 23.3 Å². The molecule has 0 saturated carbocycles. The molecule has 0 atom stereocenters. The minimum atomic E-state index is -4.46. The maximum absolute atomic E-state index is 13.2. The molecule has 0 unspecified atom stereocenters. The Labute approximate surface area is 248 Å². The number of ether oxygens (including phenoxy) is 1. The Kier molecular flexibility index (Phi) is 10.2. The normalized spacial score (nSPS) is 11.4. The predicted octanol–water partition coefficient (Wildman–Crippen LogP) is 7.52. The molecule has 0 heterocycles. The molecule has 4 aromatic carbocycles. The number of carboxylic acid groups (broad SMARTS) is 1. The highest BCUT2D eigenvalue weighted by Gasteiger charge is 2.30. The van der Waals surface area contributed by atoms with Crippen molar-refractivity contribution in [1.29, 1.82) is 0 Å². The zero-order valence-corrected chi connectivity index (χ0v) is 23.9. The molecule has 0 spiro atoms. The molecule has 0 aromatic heterocycles. The first-order chi connectivity index (χ1) is 20.5. The van der Waals surface area contributed by atoms with E-state index in [0.717, 1.165) is 28.8 Å². The number of hydrogen-bond donors (Lipinski definition) is 2. The lowest BCUT2D eigenvalue weighted by Gasteiger charge is -2.24. The first kappa shape index (κ1) is 31.3. The summed E-state index contributed by atoms with van der Waals surface area (Å²) in [6.45, 7) is 5.91. The molecule has 0 aliphatic rings. The van der Waals surface area contributed by atoms with E-state index in [-0.39, 0.29) is 24.6 Å². The quantitative estimate of drug-likeness (QED) is 0.178. The third kappa shape index (κ3) is 9.44. The number of halogens is 3. The molecule has 2 N–H and O–H groups in total. The zero-order chi connectivity index (χ0) is 31.0. The van der Waals surface area contributed by atoms with Gasteiger partial charge in [0.2, 0.25) is 0 Å². The molecule has 6 nitrogen and oxygen atoms in total. The minimum Gasteiger partial charge on any atom is -0.481 e. The number of carbonyl (C=O) groups is 2. The standard InChI is InChI=1S/C34H33F3N2O4/c1-23-9-10-27(17-24(23)2)22-39(20-25-11-13-28(14-12-25)33(42)38-16-15-32(40)41)21-26-5-3-7-30(18-26)43-31-8-4-6-29(19-31)34(35,36)37/h3-14,17-19H,15-16,20-22H2,1-2H3,(H,38,42)(H,40,41). The number of amides is 1. The third-order valence-electron chi connectivity index (χ3n) is 6.93. The van der Waals surface area contributed by atoms with Crippen LogP contribution in [-0.4, -0.2) is 28.4 Å². The molecule has 43 heavy (non-hydrogen) atoms. The maximum atomic E-state index is 13.2. The number of nitrogens with one attached hydrogen (secondary N) is 1. The van der Waals surface area contributed by atoms with Crippen molar-refractivity contribution >= 4 is 11.9 Å². The van der Waals surface area contributed by atoms with Crippen LogP contribution in [0.4, 0.5) is 13.2 Å². The van der Waals surface area contributed by atoms with Gasteiger partial charge in [-0.15, -0.1) is 0 Å². The monoisotopic (exact) mass is 590 g/mol. The lowest BCUT2D eigenvalue weighted by Crippen LogP contribution is -2.26. The van der Waals surface area contributed by atoms with E-state index in [1.54, 1.807) is 18.2 Å². The molecule has 0 bridgehead atoms. The van der Waals surface area contributed by atoms with Crippen LogP contribution in [0.3, 0.4) is 0 Å². The second-order valence-electron chi connectivity index (χ2n) is 10.4. The van der Waals surface area contributed by atoms with Crippen LogP contribution in [0.1, 0.15) is 50.2 Å². The SMILES string of the molecule is Cc1ccc(CN(Cc2ccc(C(=O)NCCC(=O)O)cc2)Cc2cccc(Oc3cccc(C(F)(F)F)c3)c2)cc1C. The maximum Gasteiger partial charge on any atom is 0.416 e. The number of hydrogen-bond acceptors (Lipinski definition) is 4. The number of benzene rings is 4. The number of nitrogens with zero attached hydrogens (tertiary/aromatic N) is 1. The van der Waals surface area contributed by atoms with E-state index in [4.69, 9.17) is 9.84 Å². The van der Waals surface area contributed by atoms with Crippen molar-refractivity contribution in [2.24, 2.45) is 0 Å². The van der Waals surface area contributed by atoms with Gasteiger partial charge in [-0.1, -0.05) is 48.5 Å². The summed E-state index contributed by atoms with van der Waals surface area (Å²) < 4.78 is 45.3. The molecule has 9 heteroatoms. The van der Waals surface area contributed by atoms with E-state index in [9.17, 15) is 22.8 Å². The average molecular weight is 591 g/mol. The van der Waals surface area contributed by atoms with Gasteiger partial charge in [-0.25, -0.2) is 0 Å². The largest absolute Gasteiger partial charge is 0.481 e. The molecule has 4 aromatic rings. The van der Waals surface area contributed by atoms with Gasteiger partial charge in [0.05, 0.1) is 12.0 Å². The van der Waals surface area contributed by atoms with Gasteiger partial charge in [-0.05, 0) is 84.1 Å². The lowest BCUT2D eigenvalue weighted by atomic mass is 10.0. The van der Waals surface area contributed by atoms with Crippen molar-refractivity contribution < 1.29 is 32.6 Å². The number of carbonyl (C=O) groups excluding carboxylic acids is 1. The van der Waals surface area contributed by atoms with Crippen LogP contribution in [0, 0.1) is 13.8 Å². The fourth-order valence-electron chi connectivity index (χ4n) is 4.57. The summed E-state index contributed by atoms with van der Waals surface area (Å²) >= 11 is 0. The van der Waals surface area contributed by atoms with Crippen LogP contribution in [-0.2, 0) is 30.6 Å². The summed E-state index contributed by atoms with van der Waals surface area (Å²) in [7, 11) is 0. The minimum absolute atomic E-state index is 0.0518. The summed E-state index contributed by atoms with van der Waals surface area (Å²) in [5.41, 5.74) is 5.08. The van der Waals surface area contributed by atoms with Gasteiger partial charge in [0.25, 0.3) is 5.91 Å². The molecule has 0 radical (unpaired) electrons. The van der Waals surface area contributed by atoms with Gasteiger partial charge in [0.1, 0.15) is 11.5 Å². The van der Waals surface area contributed by atoms with Crippen molar-refractivity contribution in [3.63, 3.8) is 0 Å².